The first kappa shape index (κ1) is 23.2. The number of carbonyl (C=O) groups excluding carboxylic acids is 2. The molecule has 0 radical (unpaired) electrons. The minimum absolute atomic E-state index is 0.0768. The number of fused-ring (bicyclic) bond motifs is 1. The lowest BCUT2D eigenvalue weighted by Crippen LogP contribution is -2.44. The molecular weight excluding hydrogens is 449 g/mol. The average molecular weight is 470 g/mol. The number of ether oxygens (including phenoxy) is 2. The van der Waals surface area contributed by atoms with Gasteiger partial charge in [-0.2, -0.15) is 0 Å². The standard InChI is InChI=1S/C25H21F3N2O4/c1-30-23(13-7-4-5-8-16(13)26)21(24(31)29-22-17(27)9-6-10-18(22)28)14-11-19(33-2)20(34-3)12-15(14)25(30)32/h4-12,21,23H,1-3H3,(H,29,31)/t21-,23-/m0/s1. The van der Waals surface area contributed by atoms with Crippen molar-refractivity contribution in [3.8, 4) is 11.5 Å². The van der Waals surface area contributed by atoms with Crippen LogP contribution in [0.1, 0.15) is 33.4 Å². The maximum atomic E-state index is 14.9. The highest BCUT2D eigenvalue weighted by Gasteiger charge is 2.44. The van der Waals surface area contributed by atoms with Gasteiger partial charge in [0.2, 0.25) is 5.91 Å². The van der Waals surface area contributed by atoms with E-state index in [0.717, 1.165) is 12.1 Å². The average Bonchev–Trinajstić information content (AvgIpc) is 2.83. The van der Waals surface area contributed by atoms with Crippen LogP contribution in [0.4, 0.5) is 18.9 Å². The lowest BCUT2D eigenvalue weighted by atomic mass is 9.79. The Morgan fingerprint density at radius 2 is 1.47 bits per heavy atom. The molecule has 0 fully saturated rings. The van der Waals surface area contributed by atoms with Crippen LogP contribution in [0.2, 0.25) is 0 Å². The molecule has 0 aromatic heterocycles. The van der Waals surface area contributed by atoms with Crippen molar-refractivity contribution < 1.29 is 32.2 Å². The molecule has 1 aliphatic rings. The van der Waals surface area contributed by atoms with Crippen molar-refractivity contribution in [3.63, 3.8) is 0 Å². The van der Waals surface area contributed by atoms with E-state index in [4.69, 9.17) is 9.47 Å². The minimum Gasteiger partial charge on any atom is -0.493 e. The molecule has 1 heterocycles. The van der Waals surface area contributed by atoms with E-state index in [1.807, 2.05) is 0 Å². The molecule has 0 spiro atoms. The molecule has 4 rings (SSSR count). The summed E-state index contributed by atoms with van der Waals surface area (Å²) < 4.78 is 54.1. The third-order valence-electron chi connectivity index (χ3n) is 5.89. The normalized spacial score (nSPS) is 17.2. The van der Waals surface area contributed by atoms with Crippen molar-refractivity contribution in [2.24, 2.45) is 0 Å². The third-order valence-corrected chi connectivity index (χ3v) is 5.89. The Morgan fingerprint density at radius 1 is 0.882 bits per heavy atom. The summed E-state index contributed by atoms with van der Waals surface area (Å²) in [5.41, 5.74) is -0.223. The number of likely N-dealkylation sites (N-methyl/N-ethyl adjacent to an activating group) is 1. The summed E-state index contributed by atoms with van der Waals surface area (Å²) in [4.78, 5) is 28.1. The molecule has 0 bridgehead atoms. The first-order chi connectivity index (χ1) is 16.3. The zero-order valence-electron chi connectivity index (χ0n) is 18.6. The summed E-state index contributed by atoms with van der Waals surface area (Å²) >= 11 is 0. The molecule has 2 amide bonds. The zero-order chi connectivity index (χ0) is 24.6. The Balaban J connectivity index is 1.93. The number of rotatable bonds is 5. The summed E-state index contributed by atoms with van der Waals surface area (Å²) in [6.45, 7) is 0. The van der Waals surface area contributed by atoms with E-state index < -0.39 is 46.9 Å². The second-order valence-electron chi connectivity index (χ2n) is 7.74. The number of para-hydroxylation sites is 1. The minimum atomic E-state index is -1.23. The fourth-order valence-electron chi connectivity index (χ4n) is 4.25. The fraction of sp³-hybridized carbons (Fsp3) is 0.200. The van der Waals surface area contributed by atoms with Gasteiger partial charge >= 0.3 is 0 Å². The molecule has 9 heteroatoms. The van der Waals surface area contributed by atoms with Crippen LogP contribution < -0.4 is 14.8 Å². The molecule has 176 valence electrons. The van der Waals surface area contributed by atoms with Gasteiger partial charge < -0.3 is 19.7 Å². The van der Waals surface area contributed by atoms with Crippen LogP contribution in [0.5, 0.6) is 11.5 Å². The number of halogens is 3. The predicted octanol–water partition coefficient (Wildman–Crippen LogP) is 4.67. The third kappa shape index (κ3) is 3.83. The van der Waals surface area contributed by atoms with E-state index in [9.17, 15) is 22.8 Å². The Bertz CT molecular complexity index is 1260. The van der Waals surface area contributed by atoms with Gasteiger partial charge in [0.05, 0.1) is 26.2 Å². The molecule has 0 aliphatic carbocycles. The lowest BCUT2D eigenvalue weighted by Gasteiger charge is -2.40. The molecule has 3 aromatic rings. The van der Waals surface area contributed by atoms with Gasteiger partial charge in [-0.25, -0.2) is 13.2 Å². The Labute approximate surface area is 193 Å². The first-order valence-corrected chi connectivity index (χ1v) is 10.3. The Kier molecular flexibility index (Phi) is 6.19. The highest BCUT2D eigenvalue weighted by molar-refractivity contribution is 6.05. The number of benzene rings is 3. The molecule has 0 unspecified atom stereocenters. The van der Waals surface area contributed by atoms with Gasteiger partial charge in [-0.05, 0) is 35.9 Å². The number of hydrogen-bond donors (Lipinski definition) is 1. The van der Waals surface area contributed by atoms with E-state index >= 15 is 0 Å². The van der Waals surface area contributed by atoms with Gasteiger partial charge in [-0.3, -0.25) is 9.59 Å². The molecule has 1 N–H and O–H groups in total. The van der Waals surface area contributed by atoms with Crippen molar-refractivity contribution in [2.45, 2.75) is 12.0 Å². The topological polar surface area (TPSA) is 67.9 Å². The number of methoxy groups -OCH3 is 2. The van der Waals surface area contributed by atoms with Gasteiger partial charge in [0.15, 0.2) is 11.5 Å². The van der Waals surface area contributed by atoms with E-state index in [1.54, 1.807) is 6.07 Å². The fourth-order valence-corrected chi connectivity index (χ4v) is 4.25. The molecule has 1 aliphatic heterocycles. The first-order valence-electron chi connectivity index (χ1n) is 10.3. The number of carbonyl (C=O) groups is 2. The van der Waals surface area contributed by atoms with E-state index in [1.165, 1.54) is 62.6 Å². The number of nitrogens with one attached hydrogen (secondary N) is 1. The van der Waals surface area contributed by atoms with Crippen LogP contribution in [0.25, 0.3) is 0 Å². The van der Waals surface area contributed by atoms with Crippen molar-refractivity contribution >= 4 is 17.5 Å². The summed E-state index contributed by atoms with van der Waals surface area (Å²) in [6.07, 6.45) is 0. The Hall–Kier alpha value is -4.01. The summed E-state index contributed by atoms with van der Waals surface area (Å²) in [5, 5.41) is 2.29. The molecule has 3 aromatic carbocycles. The van der Waals surface area contributed by atoms with E-state index in [2.05, 4.69) is 5.32 Å². The van der Waals surface area contributed by atoms with Crippen LogP contribution in [0.3, 0.4) is 0 Å². The lowest BCUT2D eigenvalue weighted by molar-refractivity contribution is -0.119. The maximum absolute atomic E-state index is 14.9. The predicted molar refractivity (Wildman–Crippen MR) is 119 cm³/mol. The van der Waals surface area contributed by atoms with Crippen molar-refractivity contribution in [2.75, 3.05) is 26.6 Å². The molecule has 2 atom stereocenters. The van der Waals surface area contributed by atoms with E-state index in [-0.39, 0.29) is 28.2 Å². The van der Waals surface area contributed by atoms with Crippen LogP contribution in [0.15, 0.2) is 54.6 Å². The van der Waals surface area contributed by atoms with Gasteiger partial charge in [0.1, 0.15) is 23.1 Å². The summed E-state index contributed by atoms with van der Waals surface area (Å²) in [6, 6.07) is 10.7. The quantitative estimate of drug-likeness (QED) is 0.589. The number of nitrogens with zero attached hydrogens (tertiary/aromatic N) is 1. The SMILES string of the molecule is COc1cc2c(cc1OC)[C@H](C(=O)Nc1c(F)cccc1F)[C@H](c1ccccc1F)N(C)C2=O. The van der Waals surface area contributed by atoms with Crippen LogP contribution in [0, 0.1) is 17.5 Å². The van der Waals surface area contributed by atoms with E-state index in [0.29, 0.717) is 0 Å². The number of anilines is 1. The summed E-state index contributed by atoms with van der Waals surface area (Å²) in [5.74, 6) is -4.62. The van der Waals surface area contributed by atoms with Crippen LogP contribution in [-0.4, -0.2) is 38.0 Å². The van der Waals surface area contributed by atoms with Gasteiger partial charge in [0.25, 0.3) is 5.91 Å². The number of amides is 2. The second-order valence-corrected chi connectivity index (χ2v) is 7.74. The molecule has 34 heavy (non-hydrogen) atoms. The number of hydrogen-bond acceptors (Lipinski definition) is 4. The maximum Gasteiger partial charge on any atom is 0.254 e. The smallest absolute Gasteiger partial charge is 0.254 e. The van der Waals surface area contributed by atoms with Crippen LogP contribution in [-0.2, 0) is 4.79 Å². The largest absolute Gasteiger partial charge is 0.493 e. The van der Waals surface area contributed by atoms with Crippen molar-refractivity contribution in [1.82, 2.24) is 4.90 Å². The molecule has 6 nitrogen and oxygen atoms in total. The Morgan fingerprint density at radius 3 is 2.09 bits per heavy atom. The highest BCUT2D eigenvalue weighted by atomic mass is 19.1. The van der Waals surface area contributed by atoms with Crippen LogP contribution >= 0.6 is 0 Å². The zero-order valence-corrected chi connectivity index (χ0v) is 18.6. The molecule has 0 saturated heterocycles. The van der Waals surface area contributed by atoms with Gasteiger partial charge in [-0.15, -0.1) is 0 Å². The van der Waals surface area contributed by atoms with Gasteiger partial charge in [0, 0.05) is 18.2 Å². The van der Waals surface area contributed by atoms with Gasteiger partial charge in [-0.1, -0.05) is 24.3 Å². The second kappa shape index (κ2) is 9.09. The molecular formula is C25H21F3N2O4. The summed E-state index contributed by atoms with van der Waals surface area (Å²) in [7, 11) is 4.22. The van der Waals surface area contributed by atoms with Crippen molar-refractivity contribution in [3.05, 3.63) is 88.7 Å². The monoisotopic (exact) mass is 470 g/mol. The van der Waals surface area contributed by atoms with Crippen molar-refractivity contribution in [1.29, 1.82) is 0 Å². The highest BCUT2D eigenvalue weighted by Crippen LogP contribution is 2.46. The molecule has 0 saturated carbocycles.